The van der Waals surface area contributed by atoms with Gasteiger partial charge in [0.2, 0.25) is 0 Å². The number of thioether (sulfide) groups is 1. The smallest absolute Gasteiger partial charge is 0.268 e. The number of hydrogen-bond acceptors (Lipinski definition) is 3. The first-order valence-corrected chi connectivity index (χ1v) is 9.53. The molecular weight excluding hydrogens is 401 g/mol. The second kappa shape index (κ2) is 7.42. The van der Waals surface area contributed by atoms with Crippen molar-refractivity contribution in [3.63, 3.8) is 0 Å². The highest BCUT2D eigenvalue weighted by Crippen LogP contribution is 2.42. The first-order chi connectivity index (χ1) is 12.0. The van der Waals surface area contributed by atoms with Crippen LogP contribution in [0.4, 0.5) is 5.69 Å². The van der Waals surface area contributed by atoms with E-state index in [4.69, 9.17) is 34.8 Å². The van der Waals surface area contributed by atoms with Gasteiger partial charge in [-0.1, -0.05) is 59.9 Å². The van der Waals surface area contributed by atoms with Crippen LogP contribution in [-0.4, -0.2) is 17.6 Å². The Morgan fingerprint density at radius 2 is 1.68 bits per heavy atom. The van der Waals surface area contributed by atoms with Crippen LogP contribution in [0.1, 0.15) is 12.5 Å². The van der Waals surface area contributed by atoms with E-state index >= 15 is 0 Å². The summed E-state index contributed by atoms with van der Waals surface area (Å²) in [7, 11) is 0. The third-order valence-electron chi connectivity index (χ3n) is 3.62. The molecule has 2 aromatic rings. The molecule has 0 radical (unpaired) electrons. The Kier molecular flexibility index (Phi) is 5.44. The van der Waals surface area contributed by atoms with E-state index in [9.17, 15) is 9.59 Å². The molecule has 3 nitrogen and oxygen atoms in total. The largest absolute Gasteiger partial charge is 0.272 e. The first kappa shape index (κ1) is 18.3. The number of rotatable bonds is 4. The number of imide groups is 1. The number of para-hydroxylation sites is 1. The molecule has 0 saturated heterocycles. The van der Waals surface area contributed by atoms with Crippen molar-refractivity contribution in [3.8, 4) is 0 Å². The lowest BCUT2D eigenvalue weighted by atomic mass is 10.1. The average Bonchev–Trinajstić information content (AvgIpc) is 2.80. The van der Waals surface area contributed by atoms with Crippen molar-refractivity contribution < 1.29 is 9.59 Å². The normalized spacial score (nSPS) is 14.6. The predicted octanol–water partition coefficient (Wildman–Crippen LogP) is 5.68. The maximum absolute atomic E-state index is 13.1. The van der Waals surface area contributed by atoms with Gasteiger partial charge in [-0.25, -0.2) is 4.90 Å². The van der Waals surface area contributed by atoms with Gasteiger partial charge in [0.15, 0.2) is 0 Å². The molecule has 0 fully saturated rings. The van der Waals surface area contributed by atoms with Gasteiger partial charge in [0.1, 0.15) is 0 Å². The number of carbonyl (C=O) groups excluding carboxylic acids is 2. The summed E-state index contributed by atoms with van der Waals surface area (Å²) in [6, 6.07) is 11.6. The van der Waals surface area contributed by atoms with Crippen LogP contribution in [-0.2, 0) is 9.59 Å². The van der Waals surface area contributed by atoms with E-state index < -0.39 is 11.8 Å². The minimum atomic E-state index is -0.446. The van der Waals surface area contributed by atoms with Crippen LogP contribution in [0.3, 0.4) is 0 Å². The van der Waals surface area contributed by atoms with E-state index in [-0.39, 0.29) is 5.57 Å². The fourth-order valence-corrected chi connectivity index (χ4v) is 4.14. The van der Waals surface area contributed by atoms with Gasteiger partial charge < -0.3 is 0 Å². The number of carbonyl (C=O) groups is 2. The van der Waals surface area contributed by atoms with E-state index in [1.165, 1.54) is 11.8 Å². The maximum Gasteiger partial charge on any atom is 0.272 e. The van der Waals surface area contributed by atoms with Gasteiger partial charge in [0.05, 0.1) is 26.2 Å². The summed E-state index contributed by atoms with van der Waals surface area (Å²) < 4.78 is 0. The zero-order valence-electron chi connectivity index (χ0n) is 13.1. The Labute approximate surface area is 164 Å². The van der Waals surface area contributed by atoms with E-state index in [1.807, 2.05) is 6.92 Å². The lowest BCUT2D eigenvalue weighted by Crippen LogP contribution is -2.31. The van der Waals surface area contributed by atoms with Gasteiger partial charge in [-0.3, -0.25) is 9.59 Å². The van der Waals surface area contributed by atoms with Crippen molar-refractivity contribution in [1.29, 1.82) is 0 Å². The minimum absolute atomic E-state index is 0.276. The summed E-state index contributed by atoms with van der Waals surface area (Å²) in [5.74, 6) is -0.205. The molecule has 25 heavy (non-hydrogen) atoms. The van der Waals surface area contributed by atoms with E-state index in [0.717, 1.165) is 4.90 Å². The molecule has 0 spiro atoms. The van der Waals surface area contributed by atoms with Gasteiger partial charge in [-0.15, -0.1) is 11.8 Å². The predicted molar refractivity (Wildman–Crippen MR) is 105 cm³/mol. The van der Waals surface area contributed by atoms with Crippen LogP contribution < -0.4 is 4.90 Å². The van der Waals surface area contributed by atoms with Crippen molar-refractivity contribution in [2.45, 2.75) is 6.92 Å². The highest BCUT2D eigenvalue weighted by molar-refractivity contribution is 8.04. The molecule has 1 aliphatic heterocycles. The zero-order valence-corrected chi connectivity index (χ0v) is 16.1. The monoisotopic (exact) mass is 411 g/mol. The maximum atomic E-state index is 13.1. The van der Waals surface area contributed by atoms with Gasteiger partial charge >= 0.3 is 0 Å². The molecule has 2 aromatic carbocycles. The molecule has 0 aromatic heterocycles. The van der Waals surface area contributed by atoms with Crippen molar-refractivity contribution in [3.05, 3.63) is 68.0 Å². The van der Waals surface area contributed by atoms with Crippen LogP contribution >= 0.6 is 46.6 Å². The summed E-state index contributed by atoms with van der Waals surface area (Å²) in [5, 5.41) is 1.10. The Morgan fingerprint density at radius 1 is 0.960 bits per heavy atom. The third-order valence-corrected chi connectivity index (χ3v) is 5.45. The highest BCUT2D eigenvalue weighted by atomic mass is 35.5. The molecule has 3 rings (SSSR count). The zero-order chi connectivity index (χ0) is 18.1. The number of benzene rings is 2. The van der Waals surface area contributed by atoms with Crippen molar-refractivity contribution >= 4 is 69.6 Å². The summed E-state index contributed by atoms with van der Waals surface area (Å²) in [4.78, 5) is 27.4. The van der Waals surface area contributed by atoms with Gasteiger partial charge in [0.25, 0.3) is 11.8 Å². The number of halogens is 3. The Balaban J connectivity index is 2.16. The number of amides is 2. The lowest BCUT2D eigenvalue weighted by Gasteiger charge is -2.16. The standard InChI is InChI=1S/C18H12Cl3NO2S/c1-2-25-16-15(11-8-7-10(19)9-13(11)21)17(23)22(18(16)24)14-6-4-3-5-12(14)20/h3-9H,2H2,1H3. The molecule has 1 aliphatic rings. The molecule has 0 bridgehead atoms. The molecule has 0 saturated carbocycles. The molecule has 2 amide bonds. The first-order valence-electron chi connectivity index (χ1n) is 7.41. The lowest BCUT2D eigenvalue weighted by molar-refractivity contribution is -0.119. The minimum Gasteiger partial charge on any atom is -0.268 e. The topological polar surface area (TPSA) is 37.4 Å². The molecule has 128 valence electrons. The van der Waals surface area contributed by atoms with E-state index in [2.05, 4.69) is 0 Å². The molecule has 0 N–H and O–H groups in total. The Bertz CT molecular complexity index is 911. The van der Waals surface area contributed by atoms with Crippen LogP contribution in [0.15, 0.2) is 47.4 Å². The third kappa shape index (κ3) is 3.32. The van der Waals surface area contributed by atoms with Gasteiger partial charge in [-0.2, -0.15) is 0 Å². The second-order valence-corrected chi connectivity index (χ2v) is 7.68. The van der Waals surface area contributed by atoms with Crippen molar-refractivity contribution in [1.82, 2.24) is 0 Å². The highest BCUT2D eigenvalue weighted by Gasteiger charge is 2.41. The number of nitrogens with zero attached hydrogens (tertiary/aromatic N) is 1. The molecular formula is C18H12Cl3NO2S. The van der Waals surface area contributed by atoms with Crippen molar-refractivity contribution in [2.24, 2.45) is 0 Å². The van der Waals surface area contributed by atoms with E-state index in [1.54, 1.807) is 42.5 Å². The molecule has 0 atom stereocenters. The van der Waals surface area contributed by atoms with Crippen molar-refractivity contribution in [2.75, 3.05) is 10.7 Å². The fraction of sp³-hybridized carbons (Fsp3) is 0.111. The van der Waals surface area contributed by atoms with Gasteiger partial charge in [0, 0.05) is 10.6 Å². The van der Waals surface area contributed by atoms with Crippen LogP contribution in [0, 0.1) is 0 Å². The average molecular weight is 413 g/mol. The van der Waals surface area contributed by atoms with E-state index in [0.29, 0.717) is 37.0 Å². The van der Waals surface area contributed by atoms with Crippen LogP contribution in [0.5, 0.6) is 0 Å². The Hall–Kier alpha value is -1.46. The van der Waals surface area contributed by atoms with Crippen LogP contribution in [0.2, 0.25) is 15.1 Å². The Morgan fingerprint density at radius 3 is 2.32 bits per heavy atom. The molecule has 0 unspecified atom stereocenters. The van der Waals surface area contributed by atoms with Gasteiger partial charge in [-0.05, 0) is 30.0 Å². The quantitative estimate of drug-likeness (QED) is 0.606. The number of hydrogen-bond donors (Lipinski definition) is 0. The SMILES string of the molecule is CCSC1=C(c2ccc(Cl)cc2Cl)C(=O)N(c2ccccc2Cl)C1=O. The van der Waals surface area contributed by atoms with Crippen LogP contribution in [0.25, 0.3) is 5.57 Å². The summed E-state index contributed by atoms with van der Waals surface area (Å²) in [5.41, 5.74) is 1.11. The summed E-state index contributed by atoms with van der Waals surface area (Å²) in [6.45, 7) is 1.91. The summed E-state index contributed by atoms with van der Waals surface area (Å²) >= 11 is 19.7. The molecule has 1 heterocycles. The number of anilines is 1. The molecule has 7 heteroatoms. The fourth-order valence-electron chi connectivity index (χ4n) is 2.57. The second-order valence-electron chi connectivity index (χ2n) is 5.16. The summed E-state index contributed by atoms with van der Waals surface area (Å²) in [6.07, 6.45) is 0. The molecule has 0 aliphatic carbocycles.